The summed E-state index contributed by atoms with van der Waals surface area (Å²) in [5.41, 5.74) is 15.7. The summed E-state index contributed by atoms with van der Waals surface area (Å²) in [4.78, 5) is 10.1. The molecule has 250 valence electrons. The van der Waals surface area contributed by atoms with Crippen molar-refractivity contribution in [2.24, 2.45) is 0 Å². The van der Waals surface area contributed by atoms with Crippen LogP contribution in [0.1, 0.15) is 0 Å². The second-order valence-corrected chi connectivity index (χ2v) is 14.2. The largest absolute Gasteiger partial charge is 0.309 e. The summed E-state index contributed by atoms with van der Waals surface area (Å²) >= 11 is 0. The first-order valence-corrected chi connectivity index (χ1v) is 18.4. The molecular formula is C50H30N4. The van der Waals surface area contributed by atoms with Gasteiger partial charge in [-0.15, -0.1) is 0 Å². The van der Waals surface area contributed by atoms with Crippen molar-refractivity contribution in [2.45, 2.75) is 0 Å². The molecule has 0 unspecified atom stereocenters. The summed E-state index contributed by atoms with van der Waals surface area (Å²) < 4.78 is 4.76. The van der Waals surface area contributed by atoms with Gasteiger partial charge in [0.25, 0.3) is 0 Å². The lowest BCUT2D eigenvalue weighted by molar-refractivity contribution is 1.18. The molecule has 0 radical (unpaired) electrons. The smallest absolute Gasteiger partial charge is 0.0984 e. The Labute approximate surface area is 310 Å². The van der Waals surface area contributed by atoms with E-state index >= 15 is 0 Å². The summed E-state index contributed by atoms with van der Waals surface area (Å²) in [5, 5.41) is 7.30. The monoisotopic (exact) mass is 686 g/mol. The zero-order chi connectivity index (χ0) is 35.3. The molecule has 0 aliphatic heterocycles. The number of aromatic nitrogens is 4. The highest BCUT2D eigenvalue weighted by atomic mass is 15.0. The van der Waals surface area contributed by atoms with Crippen molar-refractivity contribution in [1.82, 2.24) is 19.1 Å². The molecule has 0 spiro atoms. The number of fused-ring (bicyclic) bond motifs is 9. The van der Waals surface area contributed by atoms with E-state index in [9.17, 15) is 0 Å². The van der Waals surface area contributed by atoms with Gasteiger partial charge >= 0.3 is 0 Å². The molecule has 0 bridgehead atoms. The maximum Gasteiger partial charge on any atom is 0.0984 e. The number of rotatable bonds is 4. The van der Waals surface area contributed by atoms with Crippen molar-refractivity contribution < 1.29 is 0 Å². The van der Waals surface area contributed by atoms with E-state index in [0.717, 1.165) is 39.4 Å². The molecule has 12 rings (SSSR count). The van der Waals surface area contributed by atoms with Crippen LogP contribution in [0.5, 0.6) is 0 Å². The Bertz CT molecular complexity index is 3320. The Morgan fingerprint density at radius 3 is 1.72 bits per heavy atom. The Balaban J connectivity index is 1.05. The standard InChI is InChI=1S/C50H30N4/c1-3-12-35(13-4-1)53-44-19-8-7-16-37(44)41-27-31(21-24-45(41)53)32-22-25-46-42(28-32)38-23-20-33(30-47(38)54(46)36-14-5-2-6-15-36)43-29-34-11-9-17-39-40-18-10-26-51-49(40)50(52-43)48(34)39/h1-30H. The normalized spacial score (nSPS) is 12.1. The van der Waals surface area contributed by atoms with Crippen LogP contribution in [-0.4, -0.2) is 19.1 Å². The SMILES string of the molecule is c1ccc(-n2c3ccccc3c3cc(-c4ccc5c(c4)c4ccc(-c6cc7cccc8c7c(n6)-c6ncccc6-8)cc4n5-c4ccccc4)ccc32)cc1. The van der Waals surface area contributed by atoms with Gasteiger partial charge < -0.3 is 9.13 Å². The van der Waals surface area contributed by atoms with Crippen molar-refractivity contribution in [3.05, 3.63) is 182 Å². The summed E-state index contributed by atoms with van der Waals surface area (Å²) in [6.45, 7) is 0. The molecule has 54 heavy (non-hydrogen) atoms. The fourth-order valence-corrected chi connectivity index (χ4v) is 8.89. The van der Waals surface area contributed by atoms with Gasteiger partial charge in [0, 0.05) is 55.6 Å². The lowest BCUT2D eigenvalue weighted by Gasteiger charge is -2.10. The third-order valence-electron chi connectivity index (χ3n) is 11.3. The van der Waals surface area contributed by atoms with Crippen LogP contribution in [0.4, 0.5) is 0 Å². The highest BCUT2D eigenvalue weighted by molar-refractivity contribution is 6.15. The fourth-order valence-electron chi connectivity index (χ4n) is 8.89. The summed E-state index contributed by atoms with van der Waals surface area (Å²) in [5.74, 6) is 0. The molecule has 1 aliphatic rings. The maximum atomic E-state index is 5.29. The quantitative estimate of drug-likeness (QED) is 0.185. The zero-order valence-corrected chi connectivity index (χ0v) is 29.1. The predicted molar refractivity (Wildman–Crippen MR) is 224 cm³/mol. The van der Waals surface area contributed by atoms with Gasteiger partial charge in [-0.3, -0.25) is 4.98 Å². The maximum absolute atomic E-state index is 5.29. The molecule has 0 saturated heterocycles. The first kappa shape index (κ1) is 29.3. The van der Waals surface area contributed by atoms with E-state index in [-0.39, 0.29) is 0 Å². The Hall–Kier alpha value is -7.30. The van der Waals surface area contributed by atoms with Gasteiger partial charge in [-0.05, 0) is 94.9 Å². The first-order valence-electron chi connectivity index (χ1n) is 18.4. The van der Waals surface area contributed by atoms with E-state index < -0.39 is 0 Å². The van der Waals surface area contributed by atoms with E-state index in [1.807, 2.05) is 12.3 Å². The number of benzene rings is 7. The Kier molecular flexibility index (Phi) is 6.02. The van der Waals surface area contributed by atoms with E-state index in [4.69, 9.17) is 9.97 Å². The molecule has 4 nitrogen and oxygen atoms in total. The first-order chi connectivity index (χ1) is 26.8. The van der Waals surface area contributed by atoms with E-state index in [0.29, 0.717) is 0 Å². The molecule has 0 N–H and O–H groups in total. The lowest BCUT2D eigenvalue weighted by atomic mass is 10.00. The number of para-hydroxylation sites is 3. The van der Waals surface area contributed by atoms with Crippen LogP contribution < -0.4 is 0 Å². The molecule has 4 heterocycles. The molecule has 0 amide bonds. The van der Waals surface area contributed by atoms with Crippen molar-refractivity contribution >= 4 is 54.4 Å². The third-order valence-corrected chi connectivity index (χ3v) is 11.3. The predicted octanol–water partition coefficient (Wildman–Crippen LogP) is 12.8. The van der Waals surface area contributed by atoms with E-state index in [1.165, 1.54) is 71.2 Å². The highest BCUT2D eigenvalue weighted by Crippen LogP contribution is 2.46. The van der Waals surface area contributed by atoms with Crippen LogP contribution in [0.2, 0.25) is 0 Å². The van der Waals surface area contributed by atoms with Crippen LogP contribution in [0, 0.1) is 0 Å². The summed E-state index contributed by atoms with van der Waals surface area (Å²) in [6, 6.07) is 63.6. The summed E-state index contributed by atoms with van der Waals surface area (Å²) in [6.07, 6.45) is 1.87. The van der Waals surface area contributed by atoms with E-state index in [2.05, 4.69) is 179 Å². The van der Waals surface area contributed by atoms with Crippen LogP contribution >= 0.6 is 0 Å². The van der Waals surface area contributed by atoms with Crippen LogP contribution in [0.3, 0.4) is 0 Å². The van der Waals surface area contributed by atoms with Crippen LogP contribution in [-0.2, 0) is 0 Å². The topological polar surface area (TPSA) is 35.6 Å². The minimum absolute atomic E-state index is 0.948. The average molecular weight is 687 g/mol. The van der Waals surface area contributed by atoms with Gasteiger partial charge in [0.2, 0.25) is 0 Å². The number of nitrogens with zero attached hydrogens (tertiary/aromatic N) is 4. The molecule has 0 saturated carbocycles. The lowest BCUT2D eigenvalue weighted by Crippen LogP contribution is -1.94. The molecule has 1 aliphatic carbocycles. The Morgan fingerprint density at radius 1 is 0.370 bits per heavy atom. The Morgan fingerprint density at radius 2 is 0.981 bits per heavy atom. The van der Waals surface area contributed by atoms with Crippen molar-refractivity contribution in [3.8, 4) is 56.3 Å². The van der Waals surface area contributed by atoms with Gasteiger partial charge in [0.15, 0.2) is 0 Å². The van der Waals surface area contributed by atoms with Crippen LogP contribution in [0.25, 0.3) is 111 Å². The molecule has 4 aromatic heterocycles. The molecule has 11 aromatic rings. The van der Waals surface area contributed by atoms with Crippen LogP contribution in [0.15, 0.2) is 182 Å². The van der Waals surface area contributed by atoms with Gasteiger partial charge in [-0.2, -0.15) is 0 Å². The third kappa shape index (κ3) is 4.13. The second kappa shape index (κ2) is 11.1. The van der Waals surface area contributed by atoms with Gasteiger partial charge in [-0.25, -0.2) is 4.98 Å². The van der Waals surface area contributed by atoms with Crippen molar-refractivity contribution in [3.63, 3.8) is 0 Å². The number of pyridine rings is 2. The zero-order valence-electron chi connectivity index (χ0n) is 29.1. The van der Waals surface area contributed by atoms with E-state index in [1.54, 1.807) is 0 Å². The van der Waals surface area contributed by atoms with Crippen molar-refractivity contribution in [1.29, 1.82) is 0 Å². The minimum atomic E-state index is 0.948. The summed E-state index contributed by atoms with van der Waals surface area (Å²) in [7, 11) is 0. The molecule has 4 heteroatoms. The van der Waals surface area contributed by atoms with Gasteiger partial charge in [0.05, 0.1) is 39.1 Å². The average Bonchev–Trinajstić information content (AvgIpc) is 3.87. The molecule has 7 aromatic carbocycles. The molecular weight excluding hydrogens is 657 g/mol. The fraction of sp³-hybridized carbons (Fsp3) is 0. The van der Waals surface area contributed by atoms with Crippen molar-refractivity contribution in [2.75, 3.05) is 0 Å². The number of hydrogen-bond donors (Lipinski definition) is 0. The molecule has 0 fully saturated rings. The number of hydrogen-bond acceptors (Lipinski definition) is 2. The van der Waals surface area contributed by atoms with Gasteiger partial charge in [0.1, 0.15) is 0 Å². The van der Waals surface area contributed by atoms with Gasteiger partial charge in [-0.1, -0.05) is 103 Å². The second-order valence-electron chi connectivity index (χ2n) is 14.2. The minimum Gasteiger partial charge on any atom is -0.309 e. The molecule has 0 atom stereocenters. The highest BCUT2D eigenvalue weighted by Gasteiger charge is 2.25.